The van der Waals surface area contributed by atoms with E-state index in [2.05, 4.69) is 13.8 Å². The summed E-state index contributed by atoms with van der Waals surface area (Å²) >= 11 is 0. The Morgan fingerprint density at radius 3 is 2.54 bits per heavy atom. The summed E-state index contributed by atoms with van der Waals surface area (Å²) in [5.74, 6) is 1.56. The second-order valence-electron chi connectivity index (χ2n) is 7.34. The summed E-state index contributed by atoms with van der Waals surface area (Å²) in [5, 5.41) is 0.835. The lowest BCUT2D eigenvalue weighted by Gasteiger charge is -2.09. The van der Waals surface area contributed by atoms with Gasteiger partial charge < -0.3 is 13.9 Å². The number of ether oxygens (including phenoxy) is 2. The number of furan rings is 1. The Bertz CT molecular complexity index is 938. The first kappa shape index (κ1) is 20.0. The van der Waals surface area contributed by atoms with E-state index in [0.29, 0.717) is 29.4 Å². The minimum absolute atomic E-state index is 0.318. The molecule has 0 saturated carbocycles. The second-order valence-corrected chi connectivity index (χ2v) is 7.34. The highest BCUT2D eigenvalue weighted by Crippen LogP contribution is 2.38. The van der Waals surface area contributed by atoms with Gasteiger partial charge in [-0.3, -0.25) is 0 Å². The maximum Gasteiger partial charge on any atom is 0.342 e. The smallest absolute Gasteiger partial charge is 0.342 e. The van der Waals surface area contributed by atoms with E-state index in [0.717, 1.165) is 41.5 Å². The van der Waals surface area contributed by atoms with Crippen LogP contribution >= 0.6 is 0 Å². The average molecular weight is 380 g/mol. The van der Waals surface area contributed by atoms with E-state index in [-0.39, 0.29) is 5.97 Å². The number of hydrogen-bond donors (Lipinski definition) is 0. The summed E-state index contributed by atoms with van der Waals surface area (Å²) in [6, 6.07) is 13.5. The lowest BCUT2D eigenvalue weighted by Crippen LogP contribution is -2.06. The number of methoxy groups -OCH3 is 1. The van der Waals surface area contributed by atoms with E-state index in [1.807, 2.05) is 49.4 Å². The van der Waals surface area contributed by atoms with E-state index < -0.39 is 0 Å². The summed E-state index contributed by atoms with van der Waals surface area (Å²) < 4.78 is 17.0. The summed E-state index contributed by atoms with van der Waals surface area (Å²) in [5.41, 5.74) is 3.07. The molecule has 0 amide bonds. The molecule has 3 aromatic rings. The monoisotopic (exact) mass is 380 g/mol. The summed E-state index contributed by atoms with van der Waals surface area (Å²) in [6.45, 7) is 6.57. The molecule has 28 heavy (non-hydrogen) atoms. The molecule has 0 aliphatic carbocycles. The van der Waals surface area contributed by atoms with Crippen LogP contribution in [0.5, 0.6) is 5.75 Å². The number of aryl methyl sites for hydroxylation is 1. The van der Waals surface area contributed by atoms with Crippen LogP contribution in [-0.2, 0) is 11.2 Å². The first-order chi connectivity index (χ1) is 13.5. The lowest BCUT2D eigenvalue weighted by molar-refractivity contribution is 0.0528. The Morgan fingerprint density at radius 1 is 1.14 bits per heavy atom. The topological polar surface area (TPSA) is 48.7 Å². The molecular weight excluding hydrogens is 352 g/mol. The van der Waals surface area contributed by atoms with E-state index in [4.69, 9.17) is 13.9 Å². The molecule has 1 heterocycles. The highest BCUT2D eigenvalue weighted by atomic mass is 16.5. The van der Waals surface area contributed by atoms with Gasteiger partial charge in [0.1, 0.15) is 22.7 Å². The fraction of sp³-hybridized carbons (Fsp3) is 0.375. The van der Waals surface area contributed by atoms with Crippen LogP contribution in [0.3, 0.4) is 0 Å². The van der Waals surface area contributed by atoms with Crippen molar-refractivity contribution in [3.63, 3.8) is 0 Å². The minimum atomic E-state index is -0.352. The summed E-state index contributed by atoms with van der Waals surface area (Å²) in [4.78, 5) is 12.9. The standard InChI is InChI=1S/C24H28O4/c1-5-27-24(25)22-21-18(13-9-10-16(2)3)14-19(26-4)15-20(21)28-23(22)17-11-7-6-8-12-17/h6-8,11-12,14-16H,5,9-10,13H2,1-4H3. The van der Waals surface area contributed by atoms with E-state index >= 15 is 0 Å². The molecule has 148 valence electrons. The second kappa shape index (κ2) is 8.96. The van der Waals surface area contributed by atoms with Crippen molar-refractivity contribution in [1.29, 1.82) is 0 Å². The molecule has 4 heteroatoms. The molecule has 0 spiro atoms. The van der Waals surface area contributed by atoms with Crippen molar-refractivity contribution >= 4 is 16.9 Å². The quantitative estimate of drug-likeness (QED) is 0.433. The van der Waals surface area contributed by atoms with Gasteiger partial charge in [0.25, 0.3) is 0 Å². The number of hydrogen-bond acceptors (Lipinski definition) is 4. The molecule has 3 rings (SSSR count). The minimum Gasteiger partial charge on any atom is -0.497 e. The fourth-order valence-electron chi connectivity index (χ4n) is 3.49. The van der Waals surface area contributed by atoms with Crippen LogP contribution < -0.4 is 4.74 Å². The SMILES string of the molecule is CCOC(=O)c1c(-c2ccccc2)oc2cc(OC)cc(CCCC(C)C)c12. The molecule has 2 aromatic carbocycles. The third-order valence-corrected chi connectivity index (χ3v) is 4.83. The van der Waals surface area contributed by atoms with Gasteiger partial charge in [0, 0.05) is 17.0 Å². The molecule has 0 N–H and O–H groups in total. The zero-order valence-corrected chi connectivity index (χ0v) is 17.1. The molecule has 0 radical (unpaired) electrons. The van der Waals surface area contributed by atoms with Gasteiger partial charge in [0.15, 0.2) is 0 Å². The number of benzene rings is 2. The number of esters is 1. The van der Waals surface area contributed by atoms with Crippen LogP contribution in [-0.4, -0.2) is 19.7 Å². The lowest BCUT2D eigenvalue weighted by atomic mass is 9.96. The van der Waals surface area contributed by atoms with E-state index in [9.17, 15) is 4.79 Å². The molecule has 0 saturated heterocycles. The average Bonchev–Trinajstić information content (AvgIpc) is 3.08. The van der Waals surface area contributed by atoms with Crippen LogP contribution in [0.4, 0.5) is 0 Å². The van der Waals surface area contributed by atoms with Crippen molar-refractivity contribution in [3.8, 4) is 17.1 Å². The van der Waals surface area contributed by atoms with Gasteiger partial charge in [0.2, 0.25) is 0 Å². The molecular formula is C24H28O4. The van der Waals surface area contributed by atoms with Crippen LogP contribution in [0.2, 0.25) is 0 Å². The van der Waals surface area contributed by atoms with Gasteiger partial charge in [-0.05, 0) is 37.3 Å². The number of carbonyl (C=O) groups excluding carboxylic acids is 1. The Hall–Kier alpha value is -2.75. The van der Waals surface area contributed by atoms with Crippen molar-refractivity contribution in [2.75, 3.05) is 13.7 Å². The van der Waals surface area contributed by atoms with Crippen molar-refractivity contribution in [3.05, 3.63) is 53.6 Å². The number of rotatable bonds is 8. The molecule has 1 aromatic heterocycles. The van der Waals surface area contributed by atoms with Crippen molar-refractivity contribution < 1.29 is 18.7 Å². The predicted octanol–water partition coefficient (Wildman–Crippen LogP) is 6.26. The zero-order chi connectivity index (χ0) is 20.1. The van der Waals surface area contributed by atoms with Crippen molar-refractivity contribution in [1.82, 2.24) is 0 Å². The van der Waals surface area contributed by atoms with Crippen LogP contribution in [0.15, 0.2) is 46.9 Å². The molecule has 0 atom stereocenters. The Balaban J connectivity index is 2.20. The predicted molar refractivity (Wildman–Crippen MR) is 112 cm³/mol. The molecule has 0 fully saturated rings. The Labute approximate surface area is 166 Å². The normalized spacial score (nSPS) is 11.2. The van der Waals surface area contributed by atoms with Gasteiger partial charge in [0.05, 0.1) is 13.7 Å². The van der Waals surface area contributed by atoms with E-state index in [1.165, 1.54) is 0 Å². The Morgan fingerprint density at radius 2 is 1.89 bits per heavy atom. The van der Waals surface area contributed by atoms with Crippen molar-refractivity contribution in [2.45, 2.75) is 40.0 Å². The molecule has 0 aliphatic rings. The number of carbonyl (C=O) groups is 1. The third kappa shape index (κ3) is 4.22. The van der Waals surface area contributed by atoms with Crippen LogP contribution in [0.25, 0.3) is 22.3 Å². The fourth-order valence-corrected chi connectivity index (χ4v) is 3.49. The summed E-state index contributed by atoms with van der Waals surface area (Å²) in [7, 11) is 1.65. The van der Waals surface area contributed by atoms with Crippen LogP contribution in [0, 0.1) is 5.92 Å². The number of fused-ring (bicyclic) bond motifs is 1. The first-order valence-corrected chi connectivity index (χ1v) is 9.91. The van der Waals surface area contributed by atoms with Crippen LogP contribution in [0.1, 0.15) is 49.5 Å². The van der Waals surface area contributed by atoms with Gasteiger partial charge in [-0.2, -0.15) is 0 Å². The summed E-state index contributed by atoms with van der Waals surface area (Å²) in [6.07, 6.45) is 3.01. The van der Waals surface area contributed by atoms with Gasteiger partial charge in [-0.25, -0.2) is 4.79 Å². The van der Waals surface area contributed by atoms with Gasteiger partial charge in [-0.15, -0.1) is 0 Å². The molecule has 4 nitrogen and oxygen atoms in total. The zero-order valence-electron chi connectivity index (χ0n) is 17.1. The molecule has 0 unspecified atom stereocenters. The third-order valence-electron chi connectivity index (χ3n) is 4.83. The molecule has 0 aliphatic heterocycles. The Kier molecular flexibility index (Phi) is 6.40. The van der Waals surface area contributed by atoms with Gasteiger partial charge in [-0.1, -0.05) is 50.6 Å². The van der Waals surface area contributed by atoms with E-state index in [1.54, 1.807) is 7.11 Å². The highest BCUT2D eigenvalue weighted by Gasteiger charge is 2.26. The maximum atomic E-state index is 12.9. The first-order valence-electron chi connectivity index (χ1n) is 9.91. The maximum absolute atomic E-state index is 12.9. The van der Waals surface area contributed by atoms with Crippen molar-refractivity contribution in [2.24, 2.45) is 5.92 Å². The largest absolute Gasteiger partial charge is 0.497 e. The molecule has 0 bridgehead atoms. The van der Waals surface area contributed by atoms with Gasteiger partial charge >= 0.3 is 5.97 Å². The highest BCUT2D eigenvalue weighted by molar-refractivity contribution is 6.10.